The summed E-state index contributed by atoms with van der Waals surface area (Å²) in [5.74, 6) is -0.218. The first kappa shape index (κ1) is 11.3. The average Bonchev–Trinajstić information content (AvgIpc) is 2.25. The van der Waals surface area contributed by atoms with Crippen LogP contribution in [0.25, 0.3) is 10.4 Å². The molecule has 80 valence electrons. The topological polar surface area (TPSA) is 122 Å². The molecule has 0 aromatic carbocycles. The fourth-order valence-corrected chi connectivity index (χ4v) is 1.04. The molecule has 7 heteroatoms. The minimum atomic E-state index is -1.38. The molecule has 0 bridgehead atoms. The zero-order valence-corrected chi connectivity index (χ0v) is 7.72. The van der Waals surface area contributed by atoms with Crippen LogP contribution < -0.4 is 0 Å². The number of pyridine rings is 1. The summed E-state index contributed by atoms with van der Waals surface area (Å²) in [5.41, 5.74) is 7.98. The monoisotopic (exact) mass is 210 g/mol. The van der Waals surface area contributed by atoms with Crippen LogP contribution in [0.15, 0.2) is 23.4 Å². The summed E-state index contributed by atoms with van der Waals surface area (Å²) >= 11 is 0. The second kappa shape index (κ2) is 5.16. The lowest BCUT2D eigenvalue weighted by Gasteiger charge is -2.15. The van der Waals surface area contributed by atoms with Crippen molar-refractivity contribution in [3.63, 3.8) is 0 Å². The third-order valence-electron chi connectivity index (χ3n) is 1.79. The zero-order chi connectivity index (χ0) is 11.3. The van der Waals surface area contributed by atoms with Crippen LogP contribution in [-0.4, -0.2) is 33.0 Å². The van der Waals surface area contributed by atoms with E-state index in [1.54, 1.807) is 0 Å². The standard InChI is InChI=1S/C8H10N4O3/c9-12-11-4-6(14)8(15)7-5(13)2-1-3-10-7/h1-3,6,8,13-15H,4H2. The maximum Gasteiger partial charge on any atom is 0.139 e. The van der Waals surface area contributed by atoms with Gasteiger partial charge in [-0.2, -0.15) is 0 Å². The van der Waals surface area contributed by atoms with Crippen molar-refractivity contribution in [1.29, 1.82) is 0 Å². The Morgan fingerprint density at radius 1 is 1.53 bits per heavy atom. The third kappa shape index (κ3) is 2.81. The van der Waals surface area contributed by atoms with Gasteiger partial charge in [0, 0.05) is 11.1 Å². The van der Waals surface area contributed by atoms with Crippen molar-refractivity contribution in [2.75, 3.05) is 6.54 Å². The third-order valence-corrected chi connectivity index (χ3v) is 1.79. The summed E-state index contributed by atoms with van der Waals surface area (Å²) in [5, 5.41) is 31.3. The summed E-state index contributed by atoms with van der Waals surface area (Å²) in [6.07, 6.45) is -1.29. The van der Waals surface area contributed by atoms with E-state index in [1.807, 2.05) is 0 Å². The maximum atomic E-state index is 9.54. The molecule has 0 aliphatic heterocycles. The molecule has 0 saturated heterocycles. The van der Waals surface area contributed by atoms with Crippen molar-refractivity contribution in [1.82, 2.24) is 4.98 Å². The summed E-state index contributed by atoms with van der Waals surface area (Å²) in [7, 11) is 0. The molecule has 1 heterocycles. The van der Waals surface area contributed by atoms with E-state index in [2.05, 4.69) is 15.0 Å². The number of azide groups is 1. The van der Waals surface area contributed by atoms with E-state index >= 15 is 0 Å². The normalized spacial score (nSPS) is 14.0. The van der Waals surface area contributed by atoms with Gasteiger partial charge in [-0.1, -0.05) is 5.11 Å². The molecule has 0 amide bonds. The van der Waals surface area contributed by atoms with Crippen LogP contribution in [0.4, 0.5) is 0 Å². The molecule has 0 fully saturated rings. The first-order chi connectivity index (χ1) is 7.16. The molecular formula is C8H10N4O3. The van der Waals surface area contributed by atoms with E-state index in [0.29, 0.717) is 0 Å². The Morgan fingerprint density at radius 3 is 2.87 bits per heavy atom. The van der Waals surface area contributed by atoms with Crippen molar-refractivity contribution < 1.29 is 15.3 Å². The lowest BCUT2D eigenvalue weighted by molar-refractivity contribution is 0.0203. The molecule has 0 spiro atoms. The molecule has 3 N–H and O–H groups in total. The molecule has 7 nitrogen and oxygen atoms in total. The fraction of sp³-hybridized carbons (Fsp3) is 0.375. The first-order valence-corrected chi connectivity index (χ1v) is 4.17. The Morgan fingerprint density at radius 2 is 2.27 bits per heavy atom. The Labute approximate surface area is 85.3 Å². The van der Waals surface area contributed by atoms with Gasteiger partial charge in [-0.3, -0.25) is 4.98 Å². The van der Waals surface area contributed by atoms with Crippen LogP contribution in [-0.2, 0) is 0 Å². The smallest absolute Gasteiger partial charge is 0.139 e. The number of aliphatic hydroxyl groups excluding tert-OH is 2. The van der Waals surface area contributed by atoms with Crippen molar-refractivity contribution in [3.8, 4) is 5.75 Å². The van der Waals surface area contributed by atoms with Crippen LogP contribution >= 0.6 is 0 Å². The van der Waals surface area contributed by atoms with E-state index in [1.165, 1.54) is 18.3 Å². The minimum Gasteiger partial charge on any atom is -0.506 e. The van der Waals surface area contributed by atoms with Crippen molar-refractivity contribution in [3.05, 3.63) is 34.5 Å². The van der Waals surface area contributed by atoms with Crippen LogP contribution in [0, 0.1) is 0 Å². The molecule has 1 aromatic rings. The van der Waals surface area contributed by atoms with Crippen molar-refractivity contribution >= 4 is 0 Å². The van der Waals surface area contributed by atoms with Gasteiger partial charge in [0.05, 0.1) is 12.6 Å². The molecule has 2 unspecified atom stereocenters. The maximum absolute atomic E-state index is 9.54. The van der Waals surface area contributed by atoms with Crippen LogP contribution in [0.5, 0.6) is 5.75 Å². The van der Waals surface area contributed by atoms with Crippen molar-refractivity contribution in [2.45, 2.75) is 12.2 Å². The van der Waals surface area contributed by atoms with Gasteiger partial charge in [0.1, 0.15) is 17.5 Å². The summed E-state index contributed by atoms with van der Waals surface area (Å²) in [6, 6.07) is 2.83. The Bertz CT molecular complexity index is 378. The van der Waals surface area contributed by atoms with E-state index < -0.39 is 12.2 Å². The van der Waals surface area contributed by atoms with E-state index in [4.69, 9.17) is 5.53 Å². The SMILES string of the molecule is [N-]=[N+]=NCC(O)C(O)c1ncccc1O. The summed E-state index contributed by atoms with van der Waals surface area (Å²) in [6.45, 7) is -0.284. The quantitative estimate of drug-likeness (QED) is 0.380. The molecule has 1 aromatic heterocycles. The molecule has 0 radical (unpaired) electrons. The van der Waals surface area contributed by atoms with E-state index in [0.717, 1.165) is 0 Å². The van der Waals surface area contributed by atoms with Crippen molar-refractivity contribution in [2.24, 2.45) is 5.11 Å². The van der Waals surface area contributed by atoms with Gasteiger partial charge in [-0.05, 0) is 17.7 Å². The fourth-order valence-electron chi connectivity index (χ4n) is 1.04. The first-order valence-electron chi connectivity index (χ1n) is 4.17. The number of aromatic hydroxyl groups is 1. The molecule has 0 saturated carbocycles. The van der Waals surface area contributed by atoms with Crippen LogP contribution in [0.3, 0.4) is 0 Å². The number of aromatic nitrogens is 1. The van der Waals surface area contributed by atoms with Gasteiger partial charge in [-0.15, -0.1) is 0 Å². The number of hydrogen-bond donors (Lipinski definition) is 3. The Kier molecular flexibility index (Phi) is 3.87. The molecule has 1 rings (SSSR count). The van der Waals surface area contributed by atoms with Gasteiger partial charge < -0.3 is 15.3 Å². The highest BCUT2D eigenvalue weighted by Crippen LogP contribution is 2.23. The van der Waals surface area contributed by atoms with Gasteiger partial charge >= 0.3 is 0 Å². The Hall–Kier alpha value is -1.82. The highest BCUT2D eigenvalue weighted by molar-refractivity contribution is 5.27. The van der Waals surface area contributed by atoms with Gasteiger partial charge in [0.2, 0.25) is 0 Å². The number of rotatable bonds is 4. The number of hydrogen-bond acceptors (Lipinski definition) is 5. The molecule has 0 aliphatic carbocycles. The second-order valence-electron chi connectivity index (χ2n) is 2.83. The van der Waals surface area contributed by atoms with E-state index in [-0.39, 0.29) is 18.0 Å². The van der Waals surface area contributed by atoms with Gasteiger partial charge in [0.25, 0.3) is 0 Å². The molecule has 0 aliphatic rings. The summed E-state index contributed by atoms with van der Waals surface area (Å²) in [4.78, 5) is 6.16. The average molecular weight is 210 g/mol. The lowest BCUT2D eigenvalue weighted by Crippen LogP contribution is -2.22. The van der Waals surface area contributed by atoms with Crippen LogP contribution in [0.1, 0.15) is 11.8 Å². The molecular weight excluding hydrogens is 200 g/mol. The zero-order valence-electron chi connectivity index (χ0n) is 7.72. The number of nitrogens with zero attached hydrogens (tertiary/aromatic N) is 4. The lowest BCUT2D eigenvalue weighted by atomic mass is 10.1. The molecule has 15 heavy (non-hydrogen) atoms. The van der Waals surface area contributed by atoms with E-state index in [9.17, 15) is 15.3 Å². The van der Waals surface area contributed by atoms with Crippen LogP contribution in [0.2, 0.25) is 0 Å². The predicted molar refractivity (Wildman–Crippen MR) is 50.9 cm³/mol. The molecule has 2 atom stereocenters. The number of aliphatic hydroxyl groups is 2. The van der Waals surface area contributed by atoms with Gasteiger partial charge in [-0.25, -0.2) is 0 Å². The predicted octanol–water partition coefficient (Wildman–Crippen LogP) is 0.492. The highest BCUT2D eigenvalue weighted by atomic mass is 16.3. The largest absolute Gasteiger partial charge is 0.506 e. The summed E-state index contributed by atoms with van der Waals surface area (Å²) < 4.78 is 0. The van der Waals surface area contributed by atoms with Gasteiger partial charge in [0.15, 0.2) is 0 Å². The highest BCUT2D eigenvalue weighted by Gasteiger charge is 2.21. The Balaban J connectivity index is 2.79. The minimum absolute atomic E-state index is 0.0434. The second-order valence-corrected chi connectivity index (χ2v) is 2.83.